The number of para-hydroxylation sites is 1. The predicted molar refractivity (Wildman–Crippen MR) is 81.9 cm³/mol. The lowest BCUT2D eigenvalue weighted by atomic mass is 10.1. The van der Waals surface area contributed by atoms with E-state index in [1.165, 1.54) is 6.92 Å². The topological polar surface area (TPSA) is 91.9 Å². The standard InChI is InChI=1S/C14H10N2O4S2/c1-6(13(19)20)16-12(18)10(22-14(16)21)9-7-4-2-3-5-8(7)15-11(9)17/h2-6,18H,1H3,(H,19,20)/t6-/m0/s1. The first-order chi connectivity index (χ1) is 10.4. The minimum Gasteiger partial charge on any atom is -0.493 e. The smallest absolute Gasteiger partial charge is 0.326 e. The molecule has 2 heterocycles. The van der Waals surface area contributed by atoms with Crippen LogP contribution in [-0.4, -0.2) is 26.7 Å². The van der Waals surface area contributed by atoms with E-state index in [1.807, 2.05) is 0 Å². The molecule has 2 aromatic rings. The summed E-state index contributed by atoms with van der Waals surface area (Å²) in [6.07, 6.45) is 0. The first kappa shape index (κ1) is 14.6. The molecule has 0 spiro atoms. The van der Waals surface area contributed by atoms with Crippen LogP contribution in [0.2, 0.25) is 0 Å². The van der Waals surface area contributed by atoms with Crippen LogP contribution in [0.5, 0.6) is 5.88 Å². The Labute approximate surface area is 133 Å². The van der Waals surface area contributed by atoms with E-state index in [0.717, 1.165) is 15.9 Å². The molecule has 0 radical (unpaired) electrons. The van der Waals surface area contributed by atoms with Crippen LogP contribution in [-0.2, 0) is 9.59 Å². The summed E-state index contributed by atoms with van der Waals surface area (Å²) in [7, 11) is 0. The molecule has 112 valence electrons. The molecule has 0 bridgehead atoms. The van der Waals surface area contributed by atoms with Crippen molar-refractivity contribution in [3.05, 3.63) is 43.7 Å². The number of amides is 1. The van der Waals surface area contributed by atoms with Gasteiger partial charge in [0.2, 0.25) is 5.88 Å². The molecule has 3 rings (SSSR count). The Kier molecular flexibility index (Phi) is 3.42. The Morgan fingerprint density at radius 2 is 2.09 bits per heavy atom. The average Bonchev–Trinajstić information content (AvgIpc) is 2.94. The molecule has 1 aliphatic rings. The minimum atomic E-state index is -1.12. The molecule has 0 aliphatic carbocycles. The van der Waals surface area contributed by atoms with Crippen LogP contribution in [0.15, 0.2) is 29.3 Å². The van der Waals surface area contributed by atoms with Crippen molar-refractivity contribution in [2.75, 3.05) is 0 Å². The number of nitrogens with zero attached hydrogens (tertiary/aromatic N) is 2. The molecule has 0 saturated carbocycles. The molecule has 0 fully saturated rings. The van der Waals surface area contributed by atoms with Crippen molar-refractivity contribution in [2.24, 2.45) is 4.99 Å². The summed E-state index contributed by atoms with van der Waals surface area (Å²) >= 11 is 6.13. The van der Waals surface area contributed by atoms with Crippen molar-refractivity contribution in [1.82, 2.24) is 4.57 Å². The number of rotatable bonds is 3. The van der Waals surface area contributed by atoms with Gasteiger partial charge in [-0.3, -0.25) is 9.36 Å². The van der Waals surface area contributed by atoms with Gasteiger partial charge in [-0.25, -0.2) is 9.79 Å². The van der Waals surface area contributed by atoms with E-state index in [-0.39, 0.29) is 20.3 Å². The van der Waals surface area contributed by atoms with Gasteiger partial charge in [0, 0.05) is 5.22 Å². The summed E-state index contributed by atoms with van der Waals surface area (Å²) < 4.78 is 1.31. The second kappa shape index (κ2) is 5.15. The van der Waals surface area contributed by atoms with Crippen LogP contribution in [0.4, 0.5) is 0 Å². The number of carbonyl (C=O) groups excluding carboxylic acids is 1. The van der Waals surface area contributed by atoms with Crippen LogP contribution in [0.3, 0.4) is 0 Å². The van der Waals surface area contributed by atoms with E-state index in [1.54, 1.807) is 24.3 Å². The van der Waals surface area contributed by atoms with E-state index in [0.29, 0.717) is 10.6 Å². The van der Waals surface area contributed by atoms with E-state index < -0.39 is 17.9 Å². The van der Waals surface area contributed by atoms with Gasteiger partial charge in [0.15, 0.2) is 3.95 Å². The number of hydrogen-bond acceptors (Lipinski definition) is 5. The SMILES string of the molecule is C[C@@H](C(=O)O)n1c(O)c(C2=c3ccccc3=NC2=O)sc1=S. The third kappa shape index (κ3) is 2.08. The van der Waals surface area contributed by atoms with Crippen molar-refractivity contribution < 1.29 is 19.8 Å². The van der Waals surface area contributed by atoms with E-state index in [9.17, 15) is 14.7 Å². The fourth-order valence-electron chi connectivity index (χ4n) is 2.28. The molecule has 1 atom stereocenters. The van der Waals surface area contributed by atoms with E-state index >= 15 is 0 Å². The maximum atomic E-state index is 12.1. The van der Waals surface area contributed by atoms with Crippen LogP contribution < -0.4 is 10.6 Å². The van der Waals surface area contributed by atoms with E-state index in [2.05, 4.69) is 4.99 Å². The Bertz CT molecular complexity index is 987. The summed E-state index contributed by atoms with van der Waals surface area (Å²) in [5.41, 5.74) is 0.250. The number of carbonyl (C=O) groups is 2. The molecule has 22 heavy (non-hydrogen) atoms. The molecule has 1 aromatic heterocycles. The molecule has 0 unspecified atom stereocenters. The third-order valence-corrected chi connectivity index (χ3v) is 4.81. The minimum absolute atomic E-state index is 0.187. The second-order valence-corrected chi connectivity index (χ2v) is 6.36. The van der Waals surface area contributed by atoms with Crippen LogP contribution in [0.1, 0.15) is 17.8 Å². The normalized spacial score (nSPS) is 14.6. The van der Waals surface area contributed by atoms with E-state index in [4.69, 9.17) is 17.3 Å². The fraction of sp³-hybridized carbons (Fsp3) is 0.143. The second-order valence-electron chi connectivity index (χ2n) is 4.71. The van der Waals surface area contributed by atoms with Crippen LogP contribution in [0.25, 0.3) is 5.57 Å². The molecule has 1 aliphatic heterocycles. The Morgan fingerprint density at radius 1 is 1.41 bits per heavy atom. The van der Waals surface area contributed by atoms with Gasteiger partial charge in [-0.15, -0.1) is 11.3 Å². The number of hydrogen-bond donors (Lipinski definition) is 2. The van der Waals surface area contributed by atoms with Gasteiger partial charge in [-0.1, -0.05) is 18.2 Å². The third-order valence-electron chi connectivity index (χ3n) is 3.40. The number of thiazole rings is 1. The average molecular weight is 334 g/mol. The summed E-state index contributed by atoms with van der Waals surface area (Å²) in [4.78, 5) is 27.4. The van der Waals surface area contributed by atoms with Crippen molar-refractivity contribution in [1.29, 1.82) is 0 Å². The highest BCUT2D eigenvalue weighted by atomic mass is 32.1. The van der Waals surface area contributed by atoms with Crippen molar-refractivity contribution in [3.63, 3.8) is 0 Å². The monoisotopic (exact) mass is 334 g/mol. The molecule has 2 N–H and O–H groups in total. The summed E-state index contributed by atoms with van der Waals surface area (Å²) in [5.74, 6) is -1.91. The highest BCUT2D eigenvalue weighted by molar-refractivity contribution is 7.73. The lowest BCUT2D eigenvalue weighted by Crippen LogP contribution is -2.22. The molecule has 8 heteroatoms. The van der Waals surface area contributed by atoms with Gasteiger partial charge in [0.1, 0.15) is 10.9 Å². The molecular formula is C14H10N2O4S2. The zero-order valence-electron chi connectivity index (χ0n) is 11.3. The van der Waals surface area contributed by atoms with Gasteiger partial charge in [-0.05, 0) is 25.2 Å². The molecule has 0 saturated heterocycles. The van der Waals surface area contributed by atoms with Gasteiger partial charge in [0.25, 0.3) is 5.91 Å². The van der Waals surface area contributed by atoms with Crippen molar-refractivity contribution in [3.8, 4) is 5.88 Å². The largest absolute Gasteiger partial charge is 0.493 e. The predicted octanol–water partition coefficient (Wildman–Crippen LogP) is 0.989. The zero-order chi connectivity index (χ0) is 16.0. The first-order valence-corrected chi connectivity index (χ1v) is 7.54. The summed E-state index contributed by atoms with van der Waals surface area (Å²) in [6, 6.07) is 5.93. The summed E-state index contributed by atoms with van der Waals surface area (Å²) in [5, 5.41) is 20.6. The Balaban J connectivity index is 2.31. The fourth-order valence-corrected chi connectivity index (χ4v) is 3.78. The van der Waals surface area contributed by atoms with Gasteiger partial charge in [-0.2, -0.15) is 0 Å². The van der Waals surface area contributed by atoms with Gasteiger partial charge < -0.3 is 10.2 Å². The maximum absolute atomic E-state index is 12.1. The number of carboxylic acid groups (broad SMARTS) is 1. The van der Waals surface area contributed by atoms with Crippen molar-refractivity contribution >= 4 is 41.0 Å². The Hall–Kier alpha value is -2.32. The summed E-state index contributed by atoms with van der Waals surface area (Å²) in [6.45, 7) is 1.41. The number of carboxylic acids is 1. The number of benzene rings is 1. The molecule has 1 aromatic carbocycles. The molecule has 6 nitrogen and oxygen atoms in total. The lowest BCUT2D eigenvalue weighted by Gasteiger charge is -2.09. The molecular weight excluding hydrogens is 324 g/mol. The highest BCUT2D eigenvalue weighted by Crippen LogP contribution is 2.34. The van der Waals surface area contributed by atoms with Crippen LogP contribution >= 0.6 is 23.6 Å². The van der Waals surface area contributed by atoms with Gasteiger partial charge in [0.05, 0.1) is 10.9 Å². The van der Waals surface area contributed by atoms with Gasteiger partial charge >= 0.3 is 5.97 Å². The number of aromatic nitrogens is 1. The number of fused-ring (bicyclic) bond motifs is 1. The number of aromatic hydroxyl groups is 1. The lowest BCUT2D eigenvalue weighted by molar-refractivity contribution is -0.140. The highest BCUT2D eigenvalue weighted by Gasteiger charge is 2.28. The zero-order valence-corrected chi connectivity index (χ0v) is 12.9. The first-order valence-electron chi connectivity index (χ1n) is 6.31. The number of aliphatic carboxylic acids is 1. The van der Waals surface area contributed by atoms with Crippen molar-refractivity contribution in [2.45, 2.75) is 13.0 Å². The molecule has 1 amide bonds. The Morgan fingerprint density at radius 3 is 2.77 bits per heavy atom. The maximum Gasteiger partial charge on any atom is 0.326 e. The quantitative estimate of drug-likeness (QED) is 0.817. The van der Waals surface area contributed by atoms with Crippen LogP contribution in [0, 0.1) is 3.95 Å².